The van der Waals surface area contributed by atoms with E-state index in [1.54, 1.807) is 30.6 Å². The predicted molar refractivity (Wildman–Crippen MR) is 80.4 cm³/mol. The lowest BCUT2D eigenvalue weighted by Gasteiger charge is -2.17. The third kappa shape index (κ3) is 3.35. The maximum Gasteiger partial charge on any atom is 0.168 e. The smallest absolute Gasteiger partial charge is 0.168 e. The van der Waals surface area contributed by atoms with Crippen molar-refractivity contribution in [2.24, 2.45) is 0 Å². The van der Waals surface area contributed by atoms with E-state index in [1.165, 1.54) is 7.11 Å². The Morgan fingerprint density at radius 3 is 2.85 bits per heavy atom. The van der Waals surface area contributed by atoms with Crippen molar-refractivity contribution in [2.45, 2.75) is 12.5 Å². The standard InChI is InChI=1S/C15H16BrFN2O/c1-18-13(11-6-12(16)9-19-8-11)7-10-4-3-5-14(20-2)15(10)17/h3-6,8-9,13,18H,7H2,1-2H3. The lowest BCUT2D eigenvalue weighted by molar-refractivity contribution is 0.383. The third-order valence-electron chi connectivity index (χ3n) is 3.16. The van der Waals surface area contributed by atoms with Crippen LogP contribution in [0.2, 0.25) is 0 Å². The molecule has 2 aromatic rings. The van der Waals surface area contributed by atoms with Crippen LogP contribution in [0.3, 0.4) is 0 Å². The molecular weight excluding hydrogens is 323 g/mol. The number of hydrogen-bond donors (Lipinski definition) is 1. The Kier molecular flexibility index (Phi) is 5.09. The number of hydrogen-bond acceptors (Lipinski definition) is 3. The van der Waals surface area contributed by atoms with Crippen molar-refractivity contribution in [3.8, 4) is 5.75 Å². The normalized spacial score (nSPS) is 12.2. The molecule has 20 heavy (non-hydrogen) atoms. The number of pyridine rings is 1. The summed E-state index contributed by atoms with van der Waals surface area (Å²) >= 11 is 3.40. The van der Waals surface area contributed by atoms with Gasteiger partial charge in [-0.2, -0.15) is 0 Å². The third-order valence-corrected chi connectivity index (χ3v) is 3.60. The number of halogens is 2. The number of ether oxygens (including phenoxy) is 1. The molecule has 1 N–H and O–H groups in total. The van der Waals surface area contributed by atoms with E-state index in [0.717, 1.165) is 10.0 Å². The second-order valence-corrected chi connectivity index (χ2v) is 5.33. The summed E-state index contributed by atoms with van der Waals surface area (Å²) in [5.41, 5.74) is 1.62. The minimum atomic E-state index is -0.307. The molecule has 0 aliphatic rings. The first-order valence-corrected chi connectivity index (χ1v) is 7.04. The summed E-state index contributed by atoms with van der Waals surface area (Å²) in [7, 11) is 3.32. The molecule has 0 saturated heterocycles. The zero-order chi connectivity index (χ0) is 14.5. The average Bonchev–Trinajstić information content (AvgIpc) is 2.46. The molecule has 0 radical (unpaired) electrons. The average molecular weight is 339 g/mol. The highest BCUT2D eigenvalue weighted by Crippen LogP contribution is 2.25. The van der Waals surface area contributed by atoms with E-state index in [2.05, 4.69) is 26.2 Å². The van der Waals surface area contributed by atoms with Crippen molar-refractivity contribution in [2.75, 3.05) is 14.2 Å². The van der Waals surface area contributed by atoms with Crippen molar-refractivity contribution in [3.05, 3.63) is 58.1 Å². The SMILES string of the molecule is CNC(Cc1cccc(OC)c1F)c1cncc(Br)c1. The fourth-order valence-corrected chi connectivity index (χ4v) is 2.48. The quantitative estimate of drug-likeness (QED) is 0.905. The Labute approximate surface area is 126 Å². The fourth-order valence-electron chi connectivity index (χ4n) is 2.10. The van der Waals surface area contributed by atoms with Gasteiger partial charge in [-0.3, -0.25) is 4.98 Å². The Morgan fingerprint density at radius 2 is 2.20 bits per heavy atom. The van der Waals surface area contributed by atoms with Gasteiger partial charge in [-0.25, -0.2) is 4.39 Å². The minimum Gasteiger partial charge on any atom is -0.494 e. The first-order valence-electron chi connectivity index (χ1n) is 6.24. The fraction of sp³-hybridized carbons (Fsp3) is 0.267. The van der Waals surface area contributed by atoms with Gasteiger partial charge in [0.1, 0.15) is 0 Å². The predicted octanol–water partition coefficient (Wildman–Crippen LogP) is 3.50. The van der Waals surface area contributed by atoms with Gasteiger partial charge in [-0.1, -0.05) is 12.1 Å². The molecule has 0 saturated carbocycles. The molecule has 0 amide bonds. The van der Waals surface area contributed by atoms with E-state index < -0.39 is 0 Å². The molecule has 3 nitrogen and oxygen atoms in total. The molecular formula is C15H16BrFN2O. The van der Waals surface area contributed by atoms with Crippen LogP contribution in [0.25, 0.3) is 0 Å². The Morgan fingerprint density at radius 1 is 1.40 bits per heavy atom. The largest absolute Gasteiger partial charge is 0.494 e. The van der Waals surface area contributed by atoms with Gasteiger partial charge in [0.25, 0.3) is 0 Å². The van der Waals surface area contributed by atoms with Crippen LogP contribution in [0.4, 0.5) is 4.39 Å². The number of nitrogens with one attached hydrogen (secondary N) is 1. The molecule has 1 unspecified atom stereocenters. The van der Waals surface area contributed by atoms with E-state index in [9.17, 15) is 4.39 Å². The van der Waals surface area contributed by atoms with Crippen LogP contribution in [0.15, 0.2) is 41.1 Å². The summed E-state index contributed by atoms with van der Waals surface area (Å²) in [6.07, 6.45) is 4.03. The van der Waals surface area contributed by atoms with Gasteiger partial charge in [-0.15, -0.1) is 0 Å². The Bertz CT molecular complexity index is 592. The zero-order valence-electron chi connectivity index (χ0n) is 11.4. The maximum atomic E-state index is 14.2. The monoisotopic (exact) mass is 338 g/mol. The molecule has 0 aliphatic carbocycles. The first-order chi connectivity index (χ1) is 9.65. The van der Waals surface area contributed by atoms with E-state index in [-0.39, 0.29) is 17.6 Å². The molecule has 0 aliphatic heterocycles. The first kappa shape index (κ1) is 14.9. The maximum absolute atomic E-state index is 14.2. The number of methoxy groups -OCH3 is 1. The topological polar surface area (TPSA) is 34.1 Å². The summed E-state index contributed by atoms with van der Waals surface area (Å²) in [6, 6.07) is 7.15. The lowest BCUT2D eigenvalue weighted by atomic mass is 10.00. The molecule has 5 heteroatoms. The van der Waals surface area contributed by atoms with Gasteiger partial charge >= 0.3 is 0 Å². The number of benzene rings is 1. The van der Waals surface area contributed by atoms with Crippen LogP contribution >= 0.6 is 15.9 Å². The summed E-state index contributed by atoms with van der Waals surface area (Å²) in [4.78, 5) is 4.15. The zero-order valence-corrected chi connectivity index (χ0v) is 12.9. The molecule has 0 fully saturated rings. The van der Waals surface area contributed by atoms with Crippen molar-refractivity contribution < 1.29 is 9.13 Å². The summed E-state index contributed by atoms with van der Waals surface area (Å²) in [5, 5.41) is 3.19. The number of aromatic nitrogens is 1. The van der Waals surface area contributed by atoms with Crippen LogP contribution < -0.4 is 10.1 Å². The highest BCUT2D eigenvalue weighted by molar-refractivity contribution is 9.10. The summed E-state index contributed by atoms with van der Waals surface area (Å²) in [5.74, 6) is -0.0390. The van der Waals surface area contributed by atoms with Crippen LogP contribution in [0.5, 0.6) is 5.75 Å². The van der Waals surface area contributed by atoms with Gasteiger partial charge in [0.05, 0.1) is 7.11 Å². The highest BCUT2D eigenvalue weighted by Gasteiger charge is 2.15. The number of nitrogens with zero attached hydrogens (tertiary/aromatic N) is 1. The van der Waals surface area contributed by atoms with Gasteiger partial charge < -0.3 is 10.1 Å². The van der Waals surface area contributed by atoms with E-state index in [4.69, 9.17) is 4.74 Å². The highest BCUT2D eigenvalue weighted by atomic mass is 79.9. The Hall–Kier alpha value is -1.46. The molecule has 0 bridgehead atoms. The molecule has 1 aromatic carbocycles. The molecule has 1 atom stereocenters. The van der Waals surface area contributed by atoms with Gasteiger partial charge in [-0.05, 0) is 52.7 Å². The lowest BCUT2D eigenvalue weighted by Crippen LogP contribution is -2.19. The van der Waals surface area contributed by atoms with Crippen LogP contribution in [0.1, 0.15) is 17.2 Å². The van der Waals surface area contributed by atoms with Gasteiger partial charge in [0.2, 0.25) is 0 Å². The van der Waals surface area contributed by atoms with Gasteiger partial charge in [0.15, 0.2) is 11.6 Å². The molecule has 1 heterocycles. The molecule has 2 rings (SSSR count). The van der Waals surface area contributed by atoms with Crippen molar-refractivity contribution >= 4 is 15.9 Å². The van der Waals surface area contributed by atoms with Crippen LogP contribution in [0, 0.1) is 5.82 Å². The minimum absolute atomic E-state index is 0.0124. The van der Waals surface area contributed by atoms with Gasteiger partial charge in [0, 0.05) is 22.9 Å². The summed E-state index contributed by atoms with van der Waals surface area (Å²) in [6.45, 7) is 0. The van der Waals surface area contributed by atoms with Crippen LogP contribution in [-0.4, -0.2) is 19.1 Å². The molecule has 1 aromatic heterocycles. The second kappa shape index (κ2) is 6.81. The number of rotatable bonds is 5. The second-order valence-electron chi connectivity index (χ2n) is 4.42. The van der Waals surface area contributed by atoms with E-state index >= 15 is 0 Å². The number of likely N-dealkylation sites (N-methyl/N-ethyl adjacent to an activating group) is 1. The molecule has 0 spiro atoms. The van der Waals surface area contributed by atoms with E-state index in [1.807, 2.05) is 13.1 Å². The van der Waals surface area contributed by atoms with Crippen molar-refractivity contribution in [1.29, 1.82) is 0 Å². The van der Waals surface area contributed by atoms with Crippen molar-refractivity contribution in [3.63, 3.8) is 0 Å². The Balaban J connectivity index is 2.27. The molecule has 106 valence electrons. The van der Waals surface area contributed by atoms with E-state index in [0.29, 0.717) is 12.0 Å². The van der Waals surface area contributed by atoms with Crippen LogP contribution in [-0.2, 0) is 6.42 Å². The van der Waals surface area contributed by atoms with Crippen molar-refractivity contribution in [1.82, 2.24) is 10.3 Å². The summed E-state index contributed by atoms with van der Waals surface area (Å²) < 4.78 is 20.1.